The second-order valence-corrected chi connectivity index (χ2v) is 8.96. The molecule has 0 atom stereocenters. The van der Waals surface area contributed by atoms with Crippen molar-refractivity contribution in [2.24, 2.45) is 5.92 Å². The Balaban J connectivity index is 1.80. The minimum Gasteiger partial charge on any atom is -0.494 e. The fourth-order valence-corrected chi connectivity index (χ4v) is 4.79. The van der Waals surface area contributed by atoms with Crippen LogP contribution in [0.2, 0.25) is 0 Å². The molecule has 2 aliphatic heterocycles. The largest absolute Gasteiger partial charge is 0.494 e. The first-order chi connectivity index (χ1) is 14.9. The number of benzene rings is 1. The molecule has 0 unspecified atom stereocenters. The number of nitrogens with zero attached hydrogens (tertiary/aromatic N) is 3. The smallest absolute Gasteiger partial charge is 0.273 e. The van der Waals surface area contributed by atoms with E-state index in [9.17, 15) is 9.59 Å². The van der Waals surface area contributed by atoms with Gasteiger partial charge in [-0.2, -0.15) is 0 Å². The lowest BCUT2D eigenvalue weighted by Gasteiger charge is -2.32. The molecule has 0 radical (unpaired) electrons. The van der Waals surface area contributed by atoms with Crippen LogP contribution >= 0.6 is 11.8 Å². The van der Waals surface area contributed by atoms with Crippen molar-refractivity contribution in [3.8, 4) is 5.75 Å². The second-order valence-electron chi connectivity index (χ2n) is 7.93. The number of carbonyl (C=O) groups is 2. The highest BCUT2D eigenvalue weighted by atomic mass is 32.2. The van der Waals surface area contributed by atoms with Crippen molar-refractivity contribution in [2.45, 2.75) is 33.6 Å². The van der Waals surface area contributed by atoms with Gasteiger partial charge in [-0.05, 0) is 67.8 Å². The van der Waals surface area contributed by atoms with E-state index in [4.69, 9.17) is 15.1 Å². The van der Waals surface area contributed by atoms with Crippen LogP contribution in [0.4, 0.5) is 5.82 Å². The zero-order chi connectivity index (χ0) is 22.1. The first kappa shape index (κ1) is 21.4. The Morgan fingerprint density at radius 1 is 1.32 bits per heavy atom. The van der Waals surface area contributed by atoms with Gasteiger partial charge in [0, 0.05) is 31.0 Å². The van der Waals surface area contributed by atoms with Gasteiger partial charge in [0.2, 0.25) is 5.91 Å². The van der Waals surface area contributed by atoms with Crippen molar-refractivity contribution in [1.29, 1.82) is 5.41 Å². The first-order valence-electron chi connectivity index (χ1n) is 10.5. The number of imide groups is 1. The van der Waals surface area contributed by atoms with Crippen molar-refractivity contribution in [1.82, 2.24) is 9.88 Å². The summed E-state index contributed by atoms with van der Waals surface area (Å²) in [6.45, 7) is 7.89. The Kier molecular flexibility index (Phi) is 6.00. The van der Waals surface area contributed by atoms with Crippen LogP contribution in [0, 0.1) is 11.3 Å². The number of fused-ring (bicyclic) bond motifs is 1. The predicted octanol–water partition coefficient (Wildman–Crippen LogP) is 4.27. The molecule has 0 bridgehead atoms. The minimum absolute atomic E-state index is 0.0653. The van der Waals surface area contributed by atoms with Gasteiger partial charge in [0.1, 0.15) is 11.6 Å². The number of aromatic nitrogens is 1. The van der Waals surface area contributed by atoms with Crippen LogP contribution in [-0.4, -0.2) is 46.6 Å². The third kappa shape index (κ3) is 4.30. The summed E-state index contributed by atoms with van der Waals surface area (Å²) in [6.07, 6.45) is 3.95. The third-order valence-corrected chi connectivity index (χ3v) is 6.50. The van der Waals surface area contributed by atoms with E-state index in [0.717, 1.165) is 70.6 Å². The van der Waals surface area contributed by atoms with Gasteiger partial charge in [0.05, 0.1) is 17.0 Å². The van der Waals surface area contributed by atoms with Gasteiger partial charge in [-0.25, -0.2) is 9.88 Å². The molecule has 1 aromatic carbocycles. The number of thioether (sulfide) groups is 1. The summed E-state index contributed by atoms with van der Waals surface area (Å²) in [5.41, 5.74) is 1.67. The molecular formula is C23H26N4O3S. The molecule has 2 fully saturated rings. The zero-order valence-corrected chi connectivity index (χ0v) is 18.8. The maximum absolute atomic E-state index is 12.7. The fraction of sp³-hybridized carbons (Fsp3) is 0.391. The fourth-order valence-electron chi connectivity index (χ4n) is 3.91. The lowest BCUT2D eigenvalue weighted by atomic mass is 9.98. The van der Waals surface area contributed by atoms with Gasteiger partial charge in [0.25, 0.3) is 5.91 Å². The Morgan fingerprint density at radius 3 is 2.71 bits per heavy atom. The molecule has 0 aliphatic carbocycles. The summed E-state index contributed by atoms with van der Waals surface area (Å²) in [7, 11) is 0. The lowest BCUT2D eigenvalue weighted by Crippen LogP contribution is -2.34. The van der Waals surface area contributed by atoms with Crippen molar-refractivity contribution in [2.75, 3.05) is 24.6 Å². The van der Waals surface area contributed by atoms with Crippen LogP contribution in [0.3, 0.4) is 0 Å². The molecule has 2 amide bonds. The van der Waals surface area contributed by atoms with E-state index >= 15 is 0 Å². The quantitative estimate of drug-likeness (QED) is 0.718. The average Bonchev–Trinajstić information content (AvgIpc) is 3.01. The molecule has 1 N–H and O–H groups in total. The molecule has 0 saturated carbocycles. The van der Waals surface area contributed by atoms with Gasteiger partial charge in [-0.3, -0.25) is 15.0 Å². The van der Waals surface area contributed by atoms with Crippen molar-refractivity contribution < 1.29 is 14.3 Å². The van der Waals surface area contributed by atoms with Gasteiger partial charge in [-0.15, -0.1) is 0 Å². The van der Waals surface area contributed by atoms with Crippen molar-refractivity contribution in [3.63, 3.8) is 0 Å². The van der Waals surface area contributed by atoms with Crippen LogP contribution in [0.5, 0.6) is 5.75 Å². The van der Waals surface area contributed by atoms with Crippen LogP contribution in [0.15, 0.2) is 29.2 Å². The number of anilines is 1. The average molecular weight is 439 g/mol. The maximum atomic E-state index is 12.7. The van der Waals surface area contributed by atoms with Crippen LogP contribution < -0.4 is 9.64 Å². The van der Waals surface area contributed by atoms with Gasteiger partial charge >= 0.3 is 0 Å². The standard InChI is InChI=1S/C23H26N4O3S/c1-4-30-18-5-6-19-16(12-18)11-17(21(25-19)26-9-7-14(2)8-10-26)13-20-22(29)27(15(3)28)23(24)31-20/h5-6,11-14,24H,4,7-10H2,1-3H3. The third-order valence-electron chi connectivity index (χ3n) is 5.61. The normalized spacial score (nSPS) is 19.0. The second kappa shape index (κ2) is 8.70. The van der Waals surface area contributed by atoms with Gasteiger partial charge < -0.3 is 9.64 Å². The zero-order valence-electron chi connectivity index (χ0n) is 18.0. The topological polar surface area (TPSA) is 86.6 Å². The molecule has 0 spiro atoms. The van der Waals surface area contributed by atoms with E-state index in [1.165, 1.54) is 6.92 Å². The number of piperidine rings is 1. The first-order valence-corrected chi connectivity index (χ1v) is 11.3. The molecular weight excluding hydrogens is 412 g/mol. The number of hydrogen-bond donors (Lipinski definition) is 1. The Bertz CT molecular complexity index is 1090. The highest BCUT2D eigenvalue weighted by Crippen LogP contribution is 2.35. The molecule has 31 heavy (non-hydrogen) atoms. The van der Waals surface area contributed by atoms with E-state index in [1.54, 1.807) is 6.08 Å². The summed E-state index contributed by atoms with van der Waals surface area (Å²) in [4.78, 5) is 32.9. The Labute approximate surface area is 186 Å². The summed E-state index contributed by atoms with van der Waals surface area (Å²) < 4.78 is 5.63. The summed E-state index contributed by atoms with van der Waals surface area (Å²) in [5, 5.41) is 8.86. The number of carbonyl (C=O) groups excluding carboxylic acids is 2. The maximum Gasteiger partial charge on any atom is 0.273 e. The van der Waals surface area contributed by atoms with Crippen LogP contribution in [0.25, 0.3) is 17.0 Å². The SMILES string of the molecule is CCOc1ccc2nc(N3CCC(C)CC3)c(C=C3SC(=N)N(C(C)=O)C3=O)cc2c1. The predicted molar refractivity (Wildman–Crippen MR) is 124 cm³/mol. The molecule has 2 aliphatic rings. The van der Waals surface area contributed by atoms with Gasteiger partial charge in [-0.1, -0.05) is 6.92 Å². The number of pyridine rings is 1. The van der Waals surface area contributed by atoms with E-state index in [2.05, 4.69) is 11.8 Å². The number of nitrogens with one attached hydrogen (secondary N) is 1. The molecule has 162 valence electrons. The molecule has 4 rings (SSSR count). The molecule has 8 heteroatoms. The highest BCUT2D eigenvalue weighted by Gasteiger charge is 2.35. The monoisotopic (exact) mass is 438 g/mol. The minimum atomic E-state index is -0.455. The molecule has 7 nitrogen and oxygen atoms in total. The summed E-state index contributed by atoms with van der Waals surface area (Å²) >= 11 is 1.01. The van der Waals surface area contributed by atoms with Crippen molar-refractivity contribution in [3.05, 3.63) is 34.7 Å². The molecule has 1 aromatic heterocycles. The highest BCUT2D eigenvalue weighted by molar-refractivity contribution is 8.18. The van der Waals surface area contributed by atoms with Crippen molar-refractivity contribution >= 4 is 51.5 Å². The number of rotatable bonds is 4. The number of amidine groups is 1. The van der Waals surface area contributed by atoms with Gasteiger partial charge in [0.15, 0.2) is 5.17 Å². The summed E-state index contributed by atoms with van der Waals surface area (Å²) in [5.74, 6) is 1.38. The Morgan fingerprint density at radius 2 is 2.06 bits per heavy atom. The molecule has 2 aromatic rings. The van der Waals surface area contributed by atoms with E-state index in [0.29, 0.717) is 17.4 Å². The van der Waals surface area contributed by atoms with Crippen LogP contribution in [0.1, 0.15) is 39.2 Å². The molecule has 2 saturated heterocycles. The lowest BCUT2D eigenvalue weighted by molar-refractivity contribution is -0.135. The summed E-state index contributed by atoms with van der Waals surface area (Å²) in [6, 6.07) is 7.83. The van der Waals surface area contributed by atoms with E-state index < -0.39 is 11.8 Å². The molecule has 3 heterocycles. The van der Waals surface area contributed by atoms with E-state index in [-0.39, 0.29) is 5.17 Å². The number of ether oxygens (including phenoxy) is 1. The van der Waals surface area contributed by atoms with E-state index in [1.807, 2.05) is 31.2 Å². The van der Waals surface area contributed by atoms with Crippen LogP contribution in [-0.2, 0) is 9.59 Å². The number of amides is 2. The number of hydrogen-bond acceptors (Lipinski definition) is 7. The Hall–Kier alpha value is -2.87.